The van der Waals surface area contributed by atoms with Crippen LogP contribution in [-0.4, -0.2) is 56.3 Å². The van der Waals surface area contributed by atoms with Gasteiger partial charge in [0, 0.05) is 38.9 Å². The molecule has 160 valence electrons. The highest BCUT2D eigenvalue weighted by molar-refractivity contribution is 5.76. The first kappa shape index (κ1) is 20.7. The van der Waals surface area contributed by atoms with Crippen molar-refractivity contribution in [1.82, 2.24) is 4.90 Å². The second kappa shape index (κ2) is 8.68. The van der Waals surface area contributed by atoms with E-state index < -0.39 is 0 Å². The number of carbonyl (C=O) groups excluding carboxylic acids is 1. The molecule has 2 aliphatic heterocycles. The Morgan fingerprint density at radius 2 is 1.70 bits per heavy atom. The number of amides is 1. The molecular formula is C25H32N2O3. The lowest BCUT2D eigenvalue weighted by Crippen LogP contribution is -2.74. The predicted octanol–water partition coefficient (Wildman–Crippen LogP) is 3.83. The molecule has 30 heavy (non-hydrogen) atoms. The van der Waals surface area contributed by atoms with E-state index in [0.717, 1.165) is 44.6 Å². The Kier molecular flexibility index (Phi) is 6.00. The van der Waals surface area contributed by atoms with Gasteiger partial charge in [-0.05, 0) is 56.0 Å². The first-order valence-corrected chi connectivity index (χ1v) is 10.8. The number of likely N-dealkylation sites (tertiary alicyclic amines) is 1. The molecule has 2 fully saturated rings. The van der Waals surface area contributed by atoms with Crippen molar-refractivity contribution in [1.29, 1.82) is 0 Å². The van der Waals surface area contributed by atoms with E-state index in [4.69, 9.17) is 9.47 Å². The molecule has 5 heteroatoms. The molecule has 0 aromatic heterocycles. The van der Waals surface area contributed by atoms with Gasteiger partial charge in [-0.15, -0.1) is 0 Å². The molecule has 2 saturated heterocycles. The molecule has 1 unspecified atom stereocenters. The van der Waals surface area contributed by atoms with E-state index in [9.17, 15) is 4.79 Å². The minimum atomic E-state index is 0.0107. The summed E-state index contributed by atoms with van der Waals surface area (Å²) < 4.78 is 11.0. The minimum absolute atomic E-state index is 0.0107. The lowest BCUT2D eigenvalue weighted by Gasteiger charge is -2.61. The summed E-state index contributed by atoms with van der Waals surface area (Å²) in [5, 5.41) is 0. The van der Waals surface area contributed by atoms with Gasteiger partial charge >= 0.3 is 0 Å². The fourth-order valence-electron chi connectivity index (χ4n) is 4.90. The standard InChI is InChI=1S/C25H32N2O3/c1-19-4-9-21(10-5-19)27-18-23(30-3)25(27)14-16-26(17-15-25)24(28)13-8-20-6-11-22(29-2)12-7-20/h4-7,9-12,23H,8,13-18H2,1-3H3. The number of piperidine rings is 1. The molecule has 2 aromatic carbocycles. The SMILES string of the molecule is COc1ccc(CCC(=O)N2CCC3(CC2)C(OC)CN3c2ccc(C)cc2)cc1. The van der Waals surface area contributed by atoms with Crippen LogP contribution >= 0.6 is 0 Å². The number of ether oxygens (including phenoxy) is 2. The van der Waals surface area contributed by atoms with Crippen LogP contribution in [0, 0.1) is 6.92 Å². The monoisotopic (exact) mass is 408 g/mol. The Morgan fingerprint density at radius 1 is 1.03 bits per heavy atom. The first-order valence-electron chi connectivity index (χ1n) is 10.8. The van der Waals surface area contributed by atoms with E-state index in [1.54, 1.807) is 7.11 Å². The Balaban J connectivity index is 1.35. The third kappa shape index (κ3) is 3.91. The average Bonchev–Trinajstić information content (AvgIpc) is 2.78. The number of rotatable bonds is 6. The van der Waals surface area contributed by atoms with Crippen LogP contribution in [0.4, 0.5) is 5.69 Å². The second-order valence-corrected chi connectivity index (χ2v) is 8.50. The molecule has 0 bridgehead atoms. The van der Waals surface area contributed by atoms with Crippen molar-refractivity contribution in [3.05, 3.63) is 59.7 Å². The van der Waals surface area contributed by atoms with E-state index in [1.807, 2.05) is 36.3 Å². The Morgan fingerprint density at radius 3 is 2.30 bits per heavy atom. The van der Waals surface area contributed by atoms with E-state index in [0.29, 0.717) is 6.42 Å². The fraction of sp³-hybridized carbons (Fsp3) is 0.480. The number of carbonyl (C=O) groups is 1. The van der Waals surface area contributed by atoms with Gasteiger partial charge in [0.05, 0.1) is 18.8 Å². The maximum absolute atomic E-state index is 12.8. The van der Waals surface area contributed by atoms with Crippen LogP contribution in [0.25, 0.3) is 0 Å². The number of nitrogens with zero attached hydrogens (tertiary/aromatic N) is 2. The van der Waals surface area contributed by atoms with Crippen molar-refractivity contribution in [3.8, 4) is 5.75 Å². The largest absolute Gasteiger partial charge is 0.497 e. The quantitative estimate of drug-likeness (QED) is 0.729. The molecule has 0 radical (unpaired) electrons. The number of anilines is 1. The number of hydrogen-bond acceptors (Lipinski definition) is 4. The number of benzene rings is 2. The van der Waals surface area contributed by atoms with Crippen LogP contribution in [0.15, 0.2) is 48.5 Å². The van der Waals surface area contributed by atoms with Crippen LogP contribution in [0.3, 0.4) is 0 Å². The Labute approximate surface area is 179 Å². The predicted molar refractivity (Wildman–Crippen MR) is 119 cm³/mol. The maximum Gasteiger partial charge on any atom is 0.222 e. The van der Waals surface area contributed by atoms with Gasteiger partial charge < -0.3 is 19.3 Å². The average molecular weight is 409 g/mol. The summed E-state index contributed by atoms with van der Waals surface area (Å²) in [5.41, 5.74) is 3.71. The normalized spacial score (nSPS) is 20.2. The number of hydrogen-bond donors (Lipinski definition) is 0. The summed E-state index contributed by atoms with van der Waals surface area (Å²) in [4.78, 5) is 17.3. The molecule has 4 rings (SSSR count). The third-order valence-corrected chi connectivity index (χ3v) is 6.88. The van der Waals surface area contributed by atoms with Crippen LogP contribution < -0.4 is 9.64 Å². The Bertz CT molecular complexity index is 855. The second-order valence-electron chi connectivity index (χ2n) is 8.50. The molecule has 0 aliphatic carbocycles. The molecule has 0 saturated carbocycles. The van der Waals surface area contributed by atoms with Gasteiger partial charge in [-0.2, -0.15) is 0 Å². The highest BCUT2D eigenvalue weighted by atomic mass is 16.5. The molecule has 2 heterocycles. The number of methoxy groups -OCH3 is 2. The molecular weight excluding hydrogens is 376 g/mol. The van der Waals surface area contributed by atoms with Crippen molar-refractivity contribution in [2.24, 2.45) is 0 Å². The smallest absolute Gasteiger partial charge is 0.222 e. The molecule has 0 N–H and O–H groups in total. The summed E-state index contributed by atoms with van der Waals surface area (Å²) >= 11 is 0. The molecule has 1 amide bonds. The van der Waals surface area contributed by atoms with Crippen LogP contribution in [0.5, 0.6) is 5.75 Å². The molecule has 5 nitrogen and oxygen atoms in total. The van der Waals surface area contributed by atoms with Crippen LogP contribution in [0.2, 0.25) is 0 Å². The molecule has 2 aromatic rings. The minimum Gasteiger partial charge on any atom is -0.497 e. The summed E-state index contributed by atoms with van der Waals surface area (Å²) in [6, 6.07) is 16.7. The lowest BCUT2D eigenvalue weighted by molar-refractivity contribution is -0.135. The Hall–Kier alpha value is -2.53. The van der Waals surface area contributed by atoms with Crippen molar-refractivity contribution in [2.75, 3.05) is 38.8 Å². The zero-order chi connectivity index (χ0) is 21.1. The van der Waals surface area contributed by atoms with Gasteiger partial charge in [0.2, 0.25) is 5.91 Å². The van der Waals surface area contributed by atoms with E-state index in [-0.39, 0.29) is 17.6 Å². The topological polar surface area (TPSA) is 42.0 Å². The van der Waals surface area contributed by atoms with Crippen LogP contribution in [0.1, 0.15) is 30.4 Å². The van der Waals surface area contributed by atoms with Crippen molar-refractivity contribution in [2.45, 2.75) is 44.2 Å². The highest BCUT2D eigenvalue weighted by Gasteiger charge is 2.55. The van der Waals surface area contributed by atoms with E-state index in [2.05, 4.69) is 36.1 Å². The lowest BCUT2D eigenvalue weighted by atomic mass is 9.73. The van der Waals surface area contributed by atoms with Gasteiger partial charge in [0.1, 0.15) is 5.75 Å². The zero-order valence-corrected chi connectivity index (χ0v) is 18.3. The molecule has 2 aliphatic rings. The fourth-order valence-corrected chi connectivity index (χ4v) is 4.90. The zero-order valence-electron chi connectivity index (χ0n) is 18.3. The van der Waals surface area contributed by atoms with Gasteiger partial charge in [0.25, 0.3) is 0 Å². The summed E-state index contributed by atoms with van der Waals surface area (Å²) in [7, 11) is 3.48. The number of aryl methyl sites for hydroxylation is 2. The van der Waals surface area contributed by atoms with Gasteiger partial charge in [-0.25, -0.2) is 0 Å². The van der Waals surface area contributed by atoms with Gasteiger partial charge in [-0.3, -0.25) is 4.79 Å². The third-order valence-electron chi connectivity index (χ3n) is 6.88. The summed E-state index contributed by atoms with van der Waals surface area (Å²) in [5.74, 6) is 1.09. The molecule has 1 atom stereocenters. The van der Waals surface area contributed by atoms with Gasteiger partial charge in [-0.1, -0.05) is 29.8 Å². The van der Waals surface area contributed by atoms with Gasteiger partial charge in [0.15, 0.2) is 0 Å². The van der Waals surface area contributed by atoms with Crippen molar-refractivity contribution < 1.29 is 14.3 Å². The summed E-state index contributed by atoms with van der Waals surface area (Å²) in [6.45, 7) is 4.63. The maximum atomic E-state index is 12.8. The van der Waals surface area contributed by atoms with Crippen molar-refractivity contribution >= 4 is 11.6 Å². The summed E-state index contributed by atoms with van der Waals surface area (Å²) in [6.07, 6.45) is 3.45. The first-order chi connectivity index (χ1) is 14.6. The van der Waals surface area contributed by atoms with Crippen molar-refractivity contribution in [3.63, 3.8) is 0 Å². The van der Waals surface area contributed by atoms with E-state index in [1.165, 1.54) is 16.8 Å². The van der Waals surface area contributed by atoms with E-state index >= 15 is 0 Å². The molecule has 1 spiro atoms. The van der Waals surface area contributed by atoms with Crippen LogP contribution in [-0.2, 0) is 16.0 Å². The highest BCUT2D eigenvalue weighted by Crippen LogP contribution is 2.44.